The van der Waals surface area contributed by atoms with Crippen molar-refractivity contribution >= 4 is 34.9 Å². The Balaban J connectivity index is 2.79. The average Bonchev–Trinajstić information content (AvgIpc) is 2.36. The second-order valence-corrected chi connectivity index (χ2v) is 4.89. The summed E-state index contributed by atoms with van der Waals surface area (Å²) in [6.45, 7) is 3.94. The molecule has 110 valence electrons. The van der Waals surface area contributed by atoms with Gasteiger partial charge in [0.05, 0.1) is 33.2 Å². The highest BCUT2D eigenvalue weighted by atomic mass is 35.5. The normalized spacial score (nSPS) is 10.7. The number of carbonyl (C=O) groups excluding carboxylic acids is 1. The molecule has 0 aliphatic carbocycles. The van der Waals surface area contributed by atoms with Crippen LogP contribution in [0.4, 0.5) is 5.69 Å². The van der Waals surface area contributed by atoms with Crippen molar-refractivity contribution in [3.05, 3.63) is 37.9 Å². The first-order chi connectivity index (χ1) is 9.32. The van der Waals surface area contributed by atoms with Gasteiger partial charge >= 0.3 is 5.97 Å². The maximum Gasteiger partial charge on any atom is 0.340 e. The van der Waals surface area contributed by atoms with E-state index in [0.717, 1.165) is 12.1 Å². The molecule has 0 fully saturated rings. The van der Waals surface area contributed by atoms with Crippen LogP contribution in [0.2, 0.25) is 10.0 Å². The van der Waals surface area contributed by atoms with Gasteiger partial charge in [-0.25, -0.2) is 4.79 Å². The smallest absolute Gasteiger partial charge is 0.340 e. The fourth-order valence-electron chi connectivity index (χ4n) is 1.32. The quantitative estimate of drug-likeness (QED) is 0.347. The zero-order chi connectivity index (χ0) is 15.3. The number of carbonyl (C=O) groups is 1. The molecule has 1 rings (SSSR count). The molecule has 1 aromatic rings. The Kier molecular flexibility index (Phi) is 6.19. The van der Waals surface area contributed by atoms with E-state index >= 15 is 0 Å². The van der Waals surface area contributed by atoms with Crippen molar-refractivity contribution in [3.63, 3.8) is 0 Å². The first kappa shape index (κ1) is 16.7. The van der Waals surface area contributed by atoms with Gasteiger partial charge in [-0.05, 0) is 13.8 Å². The van der Waals surface area contributed by atoms with Crippen molar-refractivity contribution in [2.45, 2.75) is 20.0 Å². The van der Waals surface area contributed by atoms with Crippen LogP contribution in [0.15, 0.2) is 12.1 Å². The molecule has 0 heterocycles. The molecule has 8 heteroatoms. The molecule has 0 saturated carbocycles. The Morgan fingerprint density at radius 3 is 2.55 bits per heavy atom. The zero-order valence-corrected chi connectivity index (χ0v) is 12.4. The van der Waals surface area contributed by atoms with E-state index in [1.165, 1.54) is 0 Å². The van der Waals surface area contributed by atoms with Gasteiger partial charge in [0.1, 0.15) is 6.61 Å². The van der Waals surface area contributed by atoms with Gasteiger partial charge in [-0.15, -0.1) is 0 Å². The number of benzene rings is 1. The van der Waals surface area contributed by atoms with E-state index in [1.54, 1.807) is 0 Å². The van der Waals surface area contributed by atoms with Crippen molar-refractivity contribution in [2.24, 2.45) is 0 Å². The third-order valence-electron chi connectivity index (χ3n) is 2.21. The molecule has 0 aliphatic rings. The summed E-state index contributed by atoms with van der Waals surface area (Å²) in [6.07, 6.45) is 0.0181. The van der Waals surface area contributed by atoms with E-state index in [4.69, 9.17) is 32.7 Å². The van der Waals surface area contributed by atoms with Crippen molar-refractivity contribution in [1.29, 1.82) is 0 Å². The largest absolute Gasteiger partial charge is 0.460 e. The number of hydrogen-bond donors (Lipinski definition) is 0. The third-order valence-corrected chi connectivity index (χ3v) is 3.01. The second-order valence-electron chi connectivity index (χ2n) is 4.10. The topological polar surface area (TPSA) is 78.7 Å². The number of hydrogen-bond acceptors (Lipinski definition) is 5. The number of nitrogens with zero attached hydrogens (tertiary/aromatic N) is 1. The van der Waals surface area contributed by atoms with Crippen molar-refractivity contribution < 1.29 is 19.2 Å². The van der Waals surface area contributed by atoms with Gasteiger partial charge in [0, 0.05) is 12.1 Å². The Morgan fingerprint density at radius 2 is 2.00 bits per heavy atom. The maximum atomic E-state index is 11.8. The molecule has 0 unspecified atom stereocenters. The van der Waals surface area contributed by atoms with Gasteiger partial charge in [-0.1, -0.05) is 23.2 Å². The number of non-ortho nitro benzene ring substituents is 1. The number of ether oxygens (including phenoxy) is 2. The van der Waals surface area contributed by atoms with Gasteiger partial charge in [0.25, 0.3) is 5.69 Å². The minimum atomic E-state index is -0.784. The van der Waals surface area contributed by atoms with Crippen LogP contribution in [0, 0.1) is 10.1 Å². The summed E-state index contributed by atoms with van der Waals surface area (Å²) in [6, 6.07) is 2.10. The van der Waals surface area contributed by atoms with Crippen LogP contribution in [-0.4, -0.2) is 30.2 Å². The molecule has 1 aromatic carbocycles. The summed E-state index contributed by atoms with van der Waals surface area (Å²) in [7, 11) is 0. The predicted octanol–water partition coefficient (Wildman–Crippen LogP) is 3.48. The second kappa shape index (κ2) is 7.42. The minimum Gasteiger partial charge on any atom is -0.460 e. The Labute approximate surface area is 125 Å². The number of nitro benzene ring substituents is 1. The fourth-order valence-corrected chi connectivity index (χ4v) is 1.72. The average molecular weight is 322 g/mol. The van der Waals surface area contributed by atoms with E-state index in [-0.39, 0.29) is 40.6 Å². The van der Waals surface area contributed by atoms with Gasteiger partial charge in [0.15, 0.2) is 0 Å². The molecule has 0 aliphatic heterocycles. The molecule has 0 atom stereocenters. The molecule has 0 N–H and O–H groups in total. The molecule has 0 saturated heterocycles. The monoisotopic (exact) mass is 321 g/mol. The van der Waals surface area contributed by atoms with Crippen molar-refractivity contribution in [3.8, 4) is 0 Å². The summed E-state index contributed by atoms with van der Waals surface area (Å²) >= 11 is 11.6. The lowest BCUT2D eigenvalue weighted by molar-refractivity contribution is -0.384. The molecular formula is C12H13Cl2NO5. The van der Waals surface area contributed by atoms with E-state index < -0.39 is 10.9 Å². The lowest BCUT2D eigenvalue weighted by Crippen LogP contribution is -2.14. The first-order valence-corrected chi connectivity index (χ1v) is 6.50. The van der Waals surface area contributed by atoms with Crippen LogP contribution in [0.1, 0.15) is 24.2 Å². The van der Waals surface area contributed by atoms with Gasteiger partial charge < -0.3 is 9.47 Å². The number of rotatable bonds is 6. The Hall–Kier alpha value is -1.37. The maximum absolute atomic E-state index is 11.8. The number of nitro groups is 1. The predicted molar refractivity (Wildman–Crippen MR) is 74.5 cm³/mol. The van der Waals surface area contributed by atoms with Crippen LogP contribution in [0.25, 0.3) is 0 Å². The summed E-state index contributed by atoms with van der Waals surface area (Å²) in [4.78, 5) is 21.8. The van der Waals surface area contributed by atoms with Gasteiger partial charge in [-0.2, -0.15) is 0 Å². The Bertz CT molecular complexity index is 519. The van der Waals surface area contributed by atoms with Crippen molar-refractivity contribution in [1.82, 2.24) is 0 Å². The molecule has 6 nitrogen and oxygen atoms in total. The summed E-state index contributed by atoms with van der Waals surface area (Å²) in [5.41, 5.74) is -0.472. The summed E-state index contributed by atoms with van der Waals surface area (Å²) in [5, 5.41) is 10.6. The Morgan fingerprint density at radius 1 is 1.35 bits per heavy atom. The van der Waals surface area contributed by atoms with E-state index in [1.807, 2.05) is 13.8 Å². The highest BCUT2D eigenvalue weighted by Gasteiger charge is 2.20. The molecule has 0 spiro atoms. The lowest BCUT2D eigenvalue weighted by Gasteiger charge is -2.09. The van der Waals surface area contributed by atoms with Gasteiger partial charge in [0.2, 0.25) is 0 Å². The van der Waals surface area contributed by atoms with E-state index in [0.29, 0.717) is 0 Å². The van der Waals surface area contributed by atoms with Crippen LogP contribution in [0.3, 0.4) is 0 Å². The van der Waals surface area contributed by atoms with E-state index in [9.17, 15) is 14.9 Å². The minimum absolute atomic E-state index is 0.0181. The van der Waals surface area contributed by atoms with Crippen LogP contribution in [-0.2, 0) is 9.47 Å². The molecule has 0 aromatic heterocycles. The summed E-state index contributed by atoms with van der Waals surface area (Å²) < 4.78 is 10.1. The highest BCUT2D eigenvalue weighted by molar-refractivity contribution is 6.43. The molecule has 0 radical (unpaired) electrons. The fraction of sp³-hybridized carbons (Fsp3) is 0.417. The van der Waals surface area contributed by atoms with E-state index in [2.05, 4.69) is 0 Å². The molecule has 0 amide bonds. The molecular weight excluding hydrogens is 309 g/mol. The SMILES string of the molecule is CC(C)OCCOC(=O)c1cc([N+](=O)[O-])cc(Cl)c1Cl. The molecule has 0 bridgehead atoms. The highest BCUT2D eigenvalue weighted by Crippen LogP contribution is 2.31. The third kappa shape index (κ3) is 4.63. The van der Waals surface area contributed by atoms with Crippen LogP contribution in [0.5, 0.6) is 0 Å². The number of esters is 1. The number of halogens is 2. The lowest BCUT2D eigenvalue weighted by atomic mass is 10.2. The van der Waals surface area contributed by atoms with Crippen molar-refractivity contribution in [2.75, 3.05) is 13.2 Å². The standard InChI is InChI=1S/C12H13Cl2NO5/c1-7(2)19-3-4-20-12(16)9-5-8(15(17)18)6-10(13)11(9)14/h5-7H,3-4H2,1-2H3. The summed E-state index contributed by atoms with van der Waals surface area (Å²) in [5.74, 6) is -0.784. The van der Waals surface area contributed by atoms with Crippen LogP contribution >= 0.6 is 23.2 Å². The van der Waals surface area contributed by atoms with Gasteiger partial charge in [-0.3, -0.25) is 10.1 Å². The first-order valence-electron chi connectivity index (χ1n) is 5.75. The molecule has 20 heavy (non-hydrogen) atoms. The zero-order valence-electron chi connectivity index (χ0n) is 10.9. The van der Waals surface area contributed by atoms with Crippen LogP contribution < -0.4 is 0 Å².